The van der Waals surface area contributed by atoms with Crippen molar-refractivity contribution in [3.05, 3.63) is 123 Å². The lowest BCUT2D eigenvalue weighted by atomic mass is 9.95. The number of halogens is 1. The van der Waals surface area contributed by atoms with Gasteiger partial charge in [0.2, 0.25) is 0 Å². The maximum Gasteiger partial charge on any atom is 0.193 e. The van der Waals surface area contributed by atoms with Gasteiger partial charge >= 0.3 is 0 Å². The van der Waals surface area contributed by atoms with Crippen LogP contribution < -0.4 is 0 Å². The Morgan fingerprint density at radius 1 is 0.744 bits per heavy atom. The van der Waals surface area contributed by atoms with Gasteiger partial charge in [-0.2, -0.15) is 0 Å². The Labute approximate surface area is 271 Å². The highest BCUT2D eigenvalue weighted by molar-refractivity contribution is 14.1. The third kappa shape index (κ3) is 8.04. The van der Waals surface area contributed by atoms with Crippen LogP contribution in [0.3, 0.4) is 0 Å². The first-order chi connectivity index (χ1) is 20.6. The summed E-state index contributed by atoms with van der Waals surface area (Å²) in [6, 6.07) is 30.7. The summed E-state index contributed by atoms with van der Waals surface area (Å²) in [7, 11) is -2.23. The minimum absolute atomic E-state index is 0.0115. The van der Waals surface area contributed by atoms with Gasteiger partial charge in [-0.25, -0.2) is 4.98 Å². The smallest absolute Gasteiger partial charge is 0.193 e. The molecule has 4 atom stereocenters. The average Bonchev–Trinajstić information content (AvgIpc) is 3.39. The van der Waals surface area contributed by atoms with E-state index in [-0.39, 0.29) is 23.3 Å². The number of aromatic nitrogens is 2. The average molecular weight is 711 g/mol. The van der Waals surface area contributed by atoms with Crippen molar-refractivity contribution < 1.29 is 18.6 Å². The minimum atomic E-state index is -2.23. The van der Waals surface area contributed by atoms with E-state index in [2.05, 4.69) is 104 Å². The van der Waals surface area contributed by atoms with E-state index in [4.69, 9.17) is 23.6 Å². The summed E-state index contributed by atoms with van der Waals surface area (Å²) in [4.78, 5) is 5.03. The zero-order chi connectivity index (χ0) is 30.5. The quantitative estimate of drug-likeness (QED) is 0.109. The SMILES string of the molecule is CC(C)(C)[Si](C)(C)OC1c2nc(I)cn2C(COCc2ccccc2)[C@@H](OCc2ccccc2)[C@H]1OCc1ccccc1. The third-order valence-corrected chi connectivity index (χ3v) is 13.5. The second kappa shape index (κ2) is 14.2. The number of hydrogen-bond donors (Lipinski definition) is 0. The van der Waals surface area contributed by atoms with Gasteiger partial charge in [0, 0.05) is 6.20 Å². The Hall–Kier alpha value is -2.34. The molecule has 228 valence electrons. The Balaban J connectivity index is 1.53. The molecule has 0 spiro atoms. The molecule has 0 N–H and O–H groups in total. The van der Waals surface area contributed by atoms with Crippen LogP contribution in [0.25, 0.3) is 0 Å². The Bertz CT molecular complexity index is 1430. The van der Waals surface area contributed by atoms with Crippen LogP contribution in [0.15, 0.2) is 97.2 Å². The van der Waals surface area contributed by atoms with Crippen molar-refractivity contribution in [1.82, 2.24) is 9.55 Å². The number of nitrogens with zero attached hydrogens (tertiary/aromatic N) is 2. The van der Waals surface area contributed by atoms with Crippen LogP contribution in [0, 0.1) is 3.70 Å². The van der Waals surface area contributed by atoms with Crippen LogP contribution in [0.2, 0.25) is 18.1 Å². The first kappa shape index (κ1) is 32.1. The predicted octanol–water partition coefficient (Wildman–Crippen LogP) is 8.49. The van der Waals surface area contributed by atoms with E-state index in [1.54, 1.807) is 0 Å². The molecule has 2 unspecified atom stereocenters. The number of imidazole rings is 1. The summed E-state index contributed by atoms with van der Waals surface area (Å²) in [6.45, 7) is 13.2. The van der Waals surface area contributed by atoms with E-state index in [1.165, 1.54) is 0 Å². The minimum Gasteiger partial charge on any atom is -0.404 e. The van der Waals surface area contributed by atoms with Crippen LogP contribution >= 0.6 is 22.6 Å². The van der Waals surface area contributed by atoms with Crippen molar-refractivity contribution in [3.63, 3.8) is 0 Å². The van der Waals surface area contributed by atoms with Crippen LogP contribution in [-0.2, 0) is 38.5 Å². The number of fused-ring (bicyclic) bond motifs is 1. The highest BCUT2D eigenvalue weighted by Crippen LogP contribution is 2.45. The van der Waals surface area contributed by atoms with E-state index in [0.717, 1.165) is 26.2 Å². The van der Waals surface area contributed by atoms with Gasteiger partial charge in [0.15, 0.2) is 8.32 Å². The lowest BCUT2D eigenvalue weighted by Gasteiger charge is -2.47. The molecule has 1 aromatic heterocycles. The van der Waals surface area contributed by atoms with Crippen molar-refractivity contribution in [2.24, 2.45) is 0 Å². The third-order valence-electron chi connectivity index (χ3n) is 8.54. The zero-order valence-corrected chi connectivity index (χ0v) is 28.9. The number of rotatable bonds is 12. The monoisotopic (exact) mass is 710 g/mol. The van der Waals surface area contributed by atoms with Crippen LogP contribution in [0.4, 0.5) is 0 Å². The van der Waals surface area contributed by atoms with E-state index in [0.29, 0.717) is 26.4 Å². The molecule has 0 fully saturated rings. The maximum atomic E-state index is 7.19. The molecule has 43 heavy (non-hydrogen) atoms. The molecular formula is C35H43IN2O4Si. The second-order valence-corrected chi connectivity index (χ2v) is 18.6. The van der Waals surface area contributed by atoms with E-state index in [1.807, 2.05) is 54.6 Å². The van der Waals surface area contributed by atoms with E-state index < -0.39 is 14.4 Å². The topological polar surface area (TPSA) is 54.7 Å². The fourth-order valence-electron chi connectivity index (χ4n) is 5.13. The van der Waals surface area contributed by atoms with Gasteiger partial charge in [-0.3, -0.25) is 0 Å². The highest BCUT2D eigenvalue weighted by Gasteiger charge is 2.50. The number of benzene rings is 3. The first-order valence-corrected chi connectivity index (χ1v) is 19.0. The molecule has 0 radical (unpaired) electrons. The maximum absolute atomic E-state index is 7.19. The van der Waals surface area contributed by atoms with Gasteiger partial charge in [0.1, 0.15) is 27.8 Å². The molecule has 1 aliphatic heterocycles. The zero-order valence-electron chi connectivity index (χ0n) is 25.8. The summed E-state index contributed by atoms with van der Waals surface area (Å²) in [6.07, 6.45) is 0.973. The second-order valence-electron chi connectivity index (χ2n) is 12.7. The first-order valence-electron chi connectivity index (χ1n) is 15.0. The number of hydrogen-bond acceptors (Lipinski definition) is 5. The van der Waals surface area contributed by atoms with Crippen LogP contribution in [0.1, 0.15) is 55.4 Å². The molecule has 6 nitrogen and oxygen atoms in total. The fraction of sp³-hybridized carbons (Fsp3) is 0.400. The predicted molar refractivity (Wildman–Crippen MR) is 181 cm³/mol. The lowest BCUT2D eigenvalue weighted by molar-refractivity contribution is -0.169. The molecular weight excluding hydrogens is 667 g/mol. The summed E-state index contributed by atoms with van der Waals surface area (Å²) in [5.74, 6) is 0.875. The van der Waals surface area contributed by atoms with Crippen molar-refractivity contribution >= 4 is 30.9 Å². The van der Waals surface area contributed by atoms with Crippen molar-refractivity contribution in [2.45, 2.75) is 83.1 Å². The summed E-state index contributed by atoms with van der Waals surface area (Å²) in [5.41, 5.74) is 3.36. The molecule has 2 heterocycles. The normalized spacial score (nSPS) is 20.6. The Morgan fingerprint density at radius 3 is 1.74 bits per heavy atom. The highest BCUT2D eigenvalue weighted by atomic mass is 127. The van der Waals surface area contributed by atoms with Gasteiger partial charge in [0.25, 0.3) is 0 Å². The molecule has 1 aliphatic rings. The van der Waals surface area contributed by atoms with Crippen LogP contribution in [-0.4, -0.2) is 36.7 Å². The molecule has 0 saturated heterocycles. The Morgan fingerprint density at radius 2 is 1.23 bits per heavy atom. The molecule has 8 heteroatoms. The molecule has 5 rings (SSSR count). The summed E-state index contributed by atoms with van der Waals surface area (Å²) >= 11 is 2.30. The Kier molecular flexibility index (Phi) is 10.6. The van der Waals surface area contributed by atoms with Crippen LogP contribution in [0.5, 0.6) is 0 Å². The van der Waals surface area contributed by atoms with Gasteiger partial charge < -0.3 is 23.2 Å². The van der Waals surface area contributed by atoms with Crippen molar-refractivity contribution in [1.29, 1.82) is 0 Å². The molecule has 0 aliphatic carbocycles. The van der Waals surface area contributed by atoms with Gasteiger partial charge in [-0.05, 0) is 57.4 Å². The molecule has 0 bridgehead atoms. The summed E-state index contributed by atoms with van der Waals surface area (Å²) in [5, 5.41) is 0.0115. The lowest BCUT2D eigenvalue weighted by Crippen LogP contribution is -2.53. The van der Waals surface area contributed by atoms with Gasteiger partial charge in [0.05, 0.1) is 32.5 Å². The number of ether oxygens (including phenoxy) is 3. The van der Waals surface area contributed by atoms with E-state index >= 15 is 0 Å². The fourth-order valence-corrected chi connectivity index (χ4v) is 6.91. The van der Waals surface area contributed by atoms with Gasteiger partial charge in [-0.15, -0.1) is 0 Å². The molecule has 0 saturated carbocycles. The van der Waals surface area contributed by atoms with Crippen molar-refractivity contribution in [3.8, 4) is 0 Å². The van der Waals surface area contributed by atoms with Crippen molar-refractivity contribution in [2.75, 3.05) is 6.61 Å². The van der Waals surface area contributed by atoms with Gasteiger partial charge in [-0.1, -0.05) is 112 Å². The molecule has 4 aromatic rings. The standard InChI is InChI=1S/C35H43IN2O4Si/c1-35(2,3)43(4,5)42-33-32(41-24-28-19-13-8-14-20-28)31(40-23-27-17-11-7-12-18-27)29(38-21-30(36)37-34(33)38)25-39-22-26-15-9-6-10-16-26/h6-21,29,31-33H,22-25H2,1-5H3/t29?,31-,32-,33?/m1/s1. The molecule has 3 aromatic carbocycles. The molecule has 0 amide bonds. The largest absolute Gasteiger partial charge is 0.404 e. The van der Waals surface area contributed by atoms with E-state index in [9.17, 15) is 0 Å². The summed E-state index contributed by atoms with van der Waals surface area (Å²) < 4.78 is 30.4.